The highest BCUT2D eigenvalue weighted by molar-refractivity contribution is 8.24. The number of carbonyl (C=O) groups is 4. The Morgan fingerprint density at radius 3 is 1.27 bits per heavy atom. The highest BCUT2D eigenvalue weighted by atomic mass is 32.2. The summed E-state index contributed by atoms with van der Waals surface area (Å²) >= 11 is 2.22. The van der Waals surface area contributed by atoms with Crippen LogP contribution in [0.2, 0.25) is 0 Å². The van der Waals surface area contributed by atoms with Gasteiger partial charge in [0.05, 0.1) is 77.5 Å². The number of nitrogens with zero attached hydrogens (tertiary/aromatic N) is 1. The van der Waals surface area contributed by atoms with Crippen molar-refractivity contribution in [2.24, 2.45) is 0 Å². The van der Waals surface area contributed by atoms with E-state index in [1.165, 1.54) is 87.0 Å². The van der Waals surface area contributed by atoms with Gasteiger partial charge >= 0.3 is 23.9 Å². The molecule has 1 aliphatic rings. The van der Waals surface area contributed by atoms with Gasteiger partial charge in [0.2, 0.25) is 0 Å². The van der Waals surface area contributed by atoms with Crippen molar-refractivity contribution >= 4 is 47.4 Å². The normalized spacial score (nSPS) is 12.7. The van der Waals surface area contributed by atoms with Crippen molar-refractivity contribution in [1.29, 1.82) is 5.26 Å². The second-order valence-electron chi connectivity index (χ2n) is 16.5. The minimum absolute atomic E-state index is 0.0216. The molecule has 0 fully saturated rings. The van der Waals surface area contributed by atoms with E-state index >= 15 is 0 Å². The van der Waals surface area contributed by atoms with Gasteiger partial charge in [0.25, 0.3) is 0 Å². The van der Waals surface area contributed by atoms with E-state index in [9.17, 15) is 24.4 Å². The molecule has 0 N–H and O–H groups in total. The van der Waals surface area contributed by atoms with Crippen LogP contribution in [0.3, 0.4) is 0 Å². The van der Waals surface area contributed by atoms with Crippen molar-refractivity contribution < 1.29 is 76.0 Å². The highest BCUT2D eigenvalue weighted by Gasteiger charge is 2.32. The molecule has 5 aromatic carbocycles. The molecule has 1 aliphatic heterocycles. The number of thioether (sulfide) groups is 2. The molecule has 0 spiro atoms. The summed E-state index contributed by atoms with van der Waals surface area (Å²) in [6.45, 7) is 10.8. The number of methoxy groups -OCH3 is 5. The Kier molecular flexibility index (Phi) is 21.0. The van der Waals surface area contributed by atoms with E-state index in [4.69, 9.17) is 56.8 Å². The summed E-state index contributed by atoms with van der Waals surface area (Å²) in [5.41, 5.74) is 0.689. The third kappa shape index (κ3) is 15.5. The van der Waals surface area contributed by atoms with Crippen LogP contribution in [0.4, 0.5) is 0 Å². The first-order valence-electron chi connectivity index (χ1n) is 23.5. The monoisotopic (exact) mass is 1060 g/mol. The van der Waals surface area contributed by atoms with Crippen LogP contribution in [0.1, 0.15) is 81.5 Å². The molecule has 0 aromatic heterocycles. The average Bonchev–Trinajstić information content (AvgIpc) is 3.87. The first-order chi connectivity index (χ1) is 36.2. The van der Waals surface area contributed by atoms with Gasteiger partial charge in [0.15, 0.2) is 0 Å². The van der Waals surface area contributed by atoms with Crippen molar-refractivity contribution in [3.63, 3.8) is 0 Å². The van der Waals surface area contributed by atoms with Crippen molar-refractivity contribution in [3.8, 4) is 52.1 Å². The van der Waals surface area contributed by atoms with Gasteiger partial charge < -0.3 is 56.8 Å². The molecule has 19 heteroatoms. The summed E-state index contributed by atoms with van der Waals surface area (Å²) in [4.78, 5) is 54.6. The Hall–Kier alpha value is -7.47. The molecule has 0 aliphatic carbocycles. The van der Waals surface area contributed by atoms with Gasteiger partial charge in [0.1, 0.15) is 74.5 Å². The molecule has 0 bridgehead atoms. The van der Waals surface area contributed by atoms with Gasteiger partial charge in [-0.15, -0.1) is 0 Å². The van der Waals surface area contributed by atoms with Gasteiger partial charge in [-0.25, -0.2) is 19.2 Å². The molecule has 0 saturated carbocycles. The quantitative estimate of drug-likeness (QED) is 0.0219. The number of carbonyl (C=O) groups excluding carboxylic acids is 4. The number of hydrogen-bond acceptors (Lipinski definition) is 19. The molecule has 3 unspecified atom stereocenters. The standard InChI is InChI=1S/C56H57NO16S2/c1-33(62-5)24-27-67-36(4)45(32-57)56-74-50-46(72-52(58)37-10-14-39(15-11-37)70-54(60)43-20-18-41(30-48(43)65-8)68-28-25-34(2)63-6)22-23-47(51(50)75-56)73-53(59)38-12-16-40(17-13-38)71-55(61)44-21-19-42(31-49(44)66-9)69-29-26-35(3)64-7/h10-23,30-31,33-35H,4,24-29H2,1-3,5-9H3. The molecular formula is C56H57NO16S2. The maximum Gasteiger partial charge on any atom is 0.347 e. The van der Waals surface area contributed by atoms with Crippen LogP contribution in [0, 0.1) is 11.3 Å². The van der Waals surface area contributed by atoms with Crippen LogP contribution in [0.5, 0.6) is 46.0 Å². The van der Waals surface area contributed by atoms with Crippen LogP contribution in [-0.2, 0) is 18.9 Å². The topological polar surface area (TPSA) is 203 Å². The smallest absolute Gasteiger partial charge is 0.347 e. The lowest BCUT2D eigenvalue weighted by Crippen LogP contribution is -2.13. The van der Waals surface area contributed by atoms with Crippen LogP contribution >= 0.6 is 23.5 Å². The first kappa shape index (κ1) is 56.8. The molecule has 3 atom stereocenters. The zero-order valence-corrected chi connectivity index (χ0v) is 44.3. The van der Waals surface area contributed by atoms with Crippen molar-refractivity contribution in [3.05, 3.63) is 141 Å². The minimum Gasteiger partial charge on any atom is -0.496 e. The molecule has 75 heavy (non-hydrogen) atoms. The largest absolute Gasteiger partial charge is 0.496 e. The van der Waals surface area contributed by atoms with E-state index in [1.54, 1.807) is 45.6 Å². The number of rotatable bonds is 26. The maximum atomic E-state index is 13.7. The summed E-state index contributed by atoms with van der Waals surface area (Å²) in [5.74, 6) is -0.764. The van der Waals surface area contributed by atoms with Gasteiger partial charge in [-0.2, -0.15) is 5.26 Å². The van der Waals surface area contributed by atoms with Gasteiger partial charge in [-0.3, -0.25) is 0 Å². The molecule has 394 valence electrons. The van der Waals surface area contributed by atoms with E-state index in [1.807, 2.05) is 20.8 Å². The molecule has 17 nitrogen and oxygen atoms in total. The van der Waals surface area contributed by atoms with Crippen molar-refractivity contribution in [2.75, 3.05) is 55.4 Å². The molecular weight excluding hydrogens is 1010 g/mol. The van der Waals surface area contributed by atoms with Crippen molar-refractivity contribution in [1.82, 2.24) is 0 Å². The Balaban J connectivity index is 1.16. The number of esters is 4. The fraction of sp³-hybridized carbons (Fsp3) is 0.304. The first-order valence-corrected chi connectivity index (χ1v) is 25.1. The molecule has 0 amide bonds. The lowest BCUT2D eigenvalue weighted by Gasteiger charge is -2.13. The number of ether oxygens (including phenoxy) is 12. The SMILES string of the molecule is C=C(OCCC(C)OC)C(C#N)=C1Sc2c(OC(=O)c3ccc(OC(=O)c4ccc(OCCC(C)OC)cc4OC)cc3)ccc(OC(=O)c3ccc(OC(=O)c4ccc(OCCC(C)OC)cc4OC)cc3)c2S1. The third-order valence-electron chi connectivity index (χ3n) is 11.4. The van der Waals surface area contributed by atoms with E-state index in [0.717, 1.165) is 23.5 Å². The molecule has 6 rings (SSSR count). The zero-order chi connectivity index (χ0) is 54.0. The minimum atomic E-state index is -0.755. The van der Waals surface area contributed by atoms with E-state index in [-0.39, 0.29) is 93.0 Å². The van der Waals surface area contributed by atoms with Crippen molar-refractivity contribution in [2.45, 2.75) is 68.1 Å². The number of hydrogen-bond donors (Lipinski definition) is 0. The Bertz CT molecular complexity index is 2740. The Labute approximate surface area is 443 Å². The zero-order valence-electron chi connectivity index (χ0n) is 42.7. The Morgan fingerprint density at radius 2 is 0.893 bits per heavy atom. The number of nitriles is 1. The van der Waals surface area contributed by atoms with E-state index < -0.39 is 23.9 Å². The van der Waals surface area contributed by atoms with Gasteiger partial charge in [-0.05, 0) is 106 Å². The molecule has 0 radical (unpaired) electrons. The predicted octanol–water partition coefficient (Wildman–Crippen LogP) is 11.1. The second kappa shape index (κ2) is 27.7. The molecule has 0 saturated heterocycles. The number of benzene rings is 5. The fourth-order valence-corrected chi connectivity index (χ4v) is 9.31. The number of fused-ring (bicyclic) bond motifs is 1. The van der Waals surface area contributed by atoms with E-state index in [2.05, 4.69) is 12.6 Å². The second-order valence-corrected chi connectivity index (χ2v) is 18.8. The van der Waals surface area contributed by atoms with Crippen LogP contribution in [0.15, 0.2) is 129 Å². The van der Waals surface area contributed by atoms with Crippen LogP contribution < -0.4 is 37.9 Å². The van der Waals surface area contributed by atoms with Gasteiger partial charge in [0, 0.05) is 52.7 Å². The van der Waals surface area contributed by atoms with Crippen LogP contribution in [0.25, 0.3) is 0 Å². The maximum absolute atomic E-state index is 13.7. The van der Waals surface area contributed by atoms with E-state index in [0.29, 0.717) is 58.0 Å². The third-order valence-corrected chi connectivity index (χ3v) is 14.0. The average molecular weight is 1060 g/mol. The predicted molar refractivity (Wildman–Crippen MR) is 279 cm³/mol. The van der Waals surface area contributed by atoms with Crippen LogP contribution in [-0.4, -0.2) is 97.6 Å². The van der Waals surface area contributed by atoms with Gasteiger partial charge in [-0.1, -0.05) is 30.1 Å². The Morgan fingerprint density at radius 1 is 0.507 bits per heavy atom. The summed E-state index contributed by atoms with van der Waals surface area (Å²) in [5, 5.41) is 10.3. The molecule has 1 heterocycles. The highest BCUT2D eigenvalue weighted by Crippen LogP contribution is 2.59. The fourth-order valence-electron chi connectivity index (χ4n) is 6.69. The molecule has 5 aromatic rings. The summed E-state index contributed by atoms with van der Waals surface area (Å²) < 4.78 is 67.6. The lowest BCUT2D eigenvalue weighted by molar-refractivity contribution is 0.0709. The summed E-state index contributed by atoms with van der Waals surface area (Å²) in [7, 11) is 7.70. The lowest BCUT2D eigenvalue weighted by atomic mass is 10.2. The summed E-state index contributed by atoms with van der Waals surface area (Å²) in [6.07, 6.45) is 1.83. The number of allylic oxidation sites excluding steroid dienone is 1. The summed E-state index contributed by atoms with van der Waals surface area (Å²) in [6, 6.07) is 26.2.